The van der Waals surface area contributed by atoms with Crippen molar-refractivity contribution >= 4 is 17.6 Å². The van der Waals surface area contributed by atoms with E-state index in [4.69, 9.17) is 10.5 Å². The molecule has 0 spiro atoms. The van der Waals surface area contributed by atoms with Gasteiger partial charge in [0, 0.05) is 19.8 Å². The number of anilines is 1. The lowest BCUT2D eigenvalue weighted by molar-refractivity contribution is -0.142. The second-order valence-electron chi connectivity index (χ2n) is 3.58. The van der Waals surface area contributed by atoms with Crippen LogP contribution in [0.5, 0.6) is 0 Å². The van der Waals surface area contributed by atoms with Crippen LogP contribution in [0.1, 0.15) is 23.8 Å². The number of carbonyl (C=O) groups is 2. The number of nitrogen functional groups attached to an aromatic ring is 1. The summed E-state index contributed by atoms with van der Waals surface area (Å²) in [5.74, 6) is -0.576. The minimum absolute atomic E-state index is 0.166. The van der Waals surface area contributed by atoms with Gasteiger partial charge in [-0.1, -0.05) is 0 Å². The summed E-state index contributed by atoms with van der Waals surface area (Å²) in [4.78, 5) is 22.7. The lowest BCUT2D eigenvalue weighted by Crippen LogP contribution is -2.28. The molecule has 0 saturated heterocycles. The molecule has 1 rings (SSSR count). The number of nitrogens with one attached hydrogen (secondary N) is 1. The summed E-state index contributed by atoms with van der Waals surface area (Å²) >= 11 is 0. The van der Waals surface area contributed by atoms with Crippen LogP contribution in [0.3, 0.4) is 0 Å². The molecule has 0 atom stereocenters. The molecule has 6 nitrogen and oxygen atoms in total. The van der Waals surface area contributed by atoms with Gasteiger partial charge >= 0.3 is 5.97 Å². The van der Waals surface area contributed by atoms with Crippen LogP contribution in [0.25, 0.3) is 0 Å². The van der Waals surface area contributed by atoms with E-state index in [1.54, 1.807) is 30.8 Å². The lowest BCUT2D eigenvalue weighted by Gasteiger charge is -2.05. The summed E-state index contributed by atoms with van der Waals surface area (Å²) < 4.78 is 6.38. The van der Waals surface area contributed by atoms with Crippen LogP contribution in [-0.2, 0) is 16.6 Å². The van der Waals surface area contributed by atoms with Gasteiger partial charge < -0.3 is 20.4 Å². The normalized spacial score (nSPS) is 10.0. The number of nitrogens with two attached hydrogens (primary N) is 1. The van der Waals surface area contributed by atoms with Crippen molar-refractivity contribution in [1.82, 2.24) is 9.88 Å². The summed E-state index contributed by atoms with van der Waals surface area (Å²) in [7, 11) is 1.73. The maximum atomic E-state index is 11.7. The van der Waals surface area contributed by atoms with E-state index in [2.05, 4.69) is 5.32 Å². The molecule has 0 aromatic carbocycles. The predicted molar refractivity (Wildman–Crippen MR) is 63.4 cm³/mol. The number of esters is 1. The molecular weight excluding hydrogens is 222 g/mol. The smallest absolute Gasteiger partial charge is 0.307 e. The van der Waals surface area contributed by atoms with Crippen LogP contribution in [0, 0.1) is 0 Å². The number of hydrogen-bond donors (Lipinski definition) is 2. The van der Waals surface area contributed by atoms with Gasteiger partial charge in [0.15, 0.2) is 0 Å². The largest absolute Gasteiger partial charge is 0.466 e. The Hall–Kier alpha value is -1.98. The fraction of sp³-hybridized carbons (Fsp3) is 0.455. The van der Waals surface area contributed by atoms with Crippen molar-refractivity contribution in [2.24, 2.45) is 7.05 Å². The number of nitrogens with zero attached hydrogens (tertiary/aromatic N) is 1. The van der Waals surface area contributed by atoms with E-state index in [-0.39, 0.29) is 24.8 Å². The average molecular weight is 239 g/mol. The SMILES string of the molecule is CCOC(=O)CCNC(=O)c1cc(N)cn1C. The van der Waals surface area contributed by atoms with E-state index in [0.29, 0.717) is 18.0 Å². The summed E-state index contributed by atoms with van der Waals surface area (Å²) in [5.41, 5.74) is 6.55. The van der Waals surface area contributed by atoms with Gasteiger partial charge in [0.05, 0.1) is 18.7 Å². The molecule has 1 aromatic rings. The fourth-order valence-electron chi connectivity index (χ4n) is 1.42. The number of hydrogen-bond acceptors (Lipinski definition) is 4. The molecule has 0 aliphatic rings. The summed E-state index contributed by atoms with van der Waals surface area (Å²) in [6, 6.07) is 1.58. The maximum absolute atomic E-state index is 11.7. The summed E-state index contributed by atoms with van der Waals surface area (Å²) in [5, 5.41) is 2.63. The Morgan fingerprint density at radius 3 is 2.76 bits per heavy atom. The van der Waals surface area contributed by atoms with Gasteiger partial charge in [-0.3, -0.25) is 9.59 Å². The average Bonchev–Trinajstić information content (AvgIpc) is 2.58. The van der Waals surface area contributed by atoms with Crippen LogP contribution < -0.4 is 11.1 Å². The Bertz CT molecular complexity index is 412. The molecule has 0 aliphatic carbocycles. The minimum Gasteiger partial charge on any atom is -0.466 e. The monoisotopic (exact) mass is 239 g/mol. The highest BCUT2D eigenvalue weighted by molar-refractivity contribution is 5.93. The van der Waals surface area contributed by atoms with E-state index in [0.717, 1.165) is 0 Å². The van der Waals surface area contributed by atoms with Gasteiger partial charge in [-0.25, -0.2) is 0 Å². The topological polar surface area (TPSA) is 86.3 Å². The molecule has 0 unspecified atom stereocenters. The van der Waals surface area contributed by atoms with E-state index < -0.39 is 0 Å². The van der Waals surface area contributed by atoms with Crippen molar-refractivity contribution in [2.45, 2.75) is 13.3 Å². The quantitative estimate of drug-likeness (QED) is 0.723. The summed E-state index contributed by atoms with van der Waals surface area (Å²) in [6.07, 6.45) is 1.82. The standard InChI is InChI=1S/C11H17N3O3/c1-3-17-10(15)4-5-13-11(16)9-6-8(12)7-14(9)2/h6-7H,3-5,12H2,1-2H3,(H,13,16). The first kappa shape index (κ1) is 13.1. The van der Waals surface area contributed by atoms with Crippen molar-refractivity contribution in [3.8, 4) is 0 Å². The van der Waals surface area contributed by atoms with E-state index in [1.165, 1.54) is 0 Å². The number of aryl methyl sites for hydroxylation is 1. The highest BCUT2D eigenvalue weighted by atomic mass is 16.5. The minimum atomic E-state index is -0.320. The second-order valence-corrected chi connectivity index (χ2v) is 3.58. The first-order valence-electron chi connectivity index (χ1n) is 5.40. The molecule has 6 heteroatoms. The highest BCUT2D eigenvalue weighted by Crippen LogP contribution is 2.08. The van der Waals surface area contributed by atoms with Crippen LogP contribution in [0.15, 0.2) is 12.3 Å². The molecule has 1 heterocycles. The highest BCUT2D eigenvalue weighted by Gasteiger charge is 2.11. The molecule has 0 saturated carbocycles. The first-order valence-corrected chi connectivity index (χ1v) is 5.40. The van der Waals surface area contributed by atoms with Gasteiger partial charge in [-0.05, 0) is 13.0 Å². The van der Waals surface area contributed by atoms with Crippen molar-refractivity contribution in [3.63, 3.8) is 0 Å². The van der Waals surface area contributed by atoms with Crippen molar-refractivity contribution in [1.29, 1.82) is 0 Å². The number of rotatable bonds is 5. The Balaban J connectivity index is 2.40. The Kier molecular flexibility index (Phi) is 4.56. The molecule has 0 bridgehead atoms. The molecule has 0 fully saturated rings. The molecule has 17 heavy (non-hydrogen) atoms. The van der Waals surface area contributed by atoms with Crippen molar-refractivity contribution in [3.05, 3.63) is 18.0 Å². The maximum Gasteiger partial charge on any atom is 0.307 e. The zero-order valence-electron chi connectivity index (χ0n) is 10.0. The lowest BCUT2D eigenvalue weighted by atomic mass is 10.3. The summed E-state index contributed by atoms with van der Waals surface area (Å²) in [6.45, 7) is 2.34. The van der Waals surface area contributed by atoms with Crippen LogP contribution >= 0.6 is 0 Å². The fourth-order valence-corrected chi connectivity index (χ4v) is 1.42. The predicted octanol–water partition coefficient (Wildman–Crippen LogP) is 0.290. The third kappa shape index (κ3) is 3.82. The molecule has 94 valence electrons. The number of carbonyl (C=O) groups excluding carboxylic acids is 2. The Morgan fingerprint density at radius 2 is 2.24 bits per heavy atom. The van der Waals surface area contributed by atoms with Gasteiger partial charge in [-0.2, -0.15) is 0 Å². The third-order valence-electron chi connectivity index (χ3n) is 2.18. The Morgan fingerprint density at radius 1 is 1.53 bits per heavy atom. The molecule has 3 N–H and O–H groups in total. The third-order valence-corrected chi connectivity index (χ3v) is 2.18. The number of aromatic nitrogens is 1. The first-order chi connectivity index (χ1) is 8.04. The van der Waals surface area contributed by atoms with Crippen molar-refractivity contribution in [2.75, 3.05) is 18.9 Å². The van der Waals surface area contributed by atoms with Crippen molar-refractivity contribution < 1.29 is 14.3 Å². The van der Waals surface area contributed by atoms with E-state index in [1.807, 2.05) is 0 Å². The number of ether oxygens (including phenoxy) is 1. The van der Waals surface area contributed by atoms with E-state index >= 15 is 0 Å². The van der Waals surface area contributed by atoms with E-state index in [9.17, 15) is 9.59 Å². The van der Waals surface area contributed by atoms with Gasteiger partial charge in [0.2, 0.25) is 0 Å². The Labute approximate surface area is 99.7 Å². The van der Waals surface area contributed by atoms with Crippen LogP contribution in [0.2, 0.25) is 0 Å². The number of amides is 1. The molecule has 0 aliphatic heterocycles. The van der Waals surface area contributed by atoms with Gasteiger partial charge in [0.25, 0.3) is 5.91 Å². The molecular formula is C11H17N3O3. The van der Waals surface area contributed by atoms with Gasteiger partial charge in [0.1, 0.15) is 5.69 Å². The zero-order chi connectivity index (χ0) is 12.8. The van der Waals surface area contributed by atoms with Gasteiger partial charge in [-0.15, -0.1) is 0 Å². The molecule has 0 radical (unpaired) electrons. The molecule has 1 aromatic heterocycles. The second kappa shape index (κ2) is 5.93. The van der Waals surface area contributed by atoms with Crippen LogP contribution in [-0.4, -0.2) is 29.6 Å². The molecule has 1 amide bonds. The van der Waals surface area contributed by atoms with Crippen LogP contribution in [0.4, 0.5) is 5.69 Å². The zero-order valence-corrected chi connectivity index (χ0v) is 10.0.